The van der Waals surface area contributed by atoms with Gasteiger partial charge in [0.2, 0.25) is 5.95 Å². The average molecular weight is 250 g/mol. The van der Waals surface area contributed by atoms with Crippen LogP contribution in [-0.2, 0) is 6.54 Å². The van der Waals surface area contributed by atoms with E-state index in [1.165, 1.54) is 25.2 Å². The number of aryl methyl sites for hydroxylation is 2. The van der Waals surface area contributed by atoms with Gasteiger partial charge in [0.05, 0.1) is 5.69 Å². The predicted octanol–water partition coefficient (Wildman–Crippen LogP) is 2.04. The van der Waals surface area contributed by atoms with Gasteiger partial charge in [0.15, 0.2) is 0 Å². The molecule has 0 bridgehead atoms. The largest absolute Gasteiger partial charge is 0.342 e. The Morgan fingerprint density at radius 1 is 1.39 bits per heavy atom. The predicted molar refractivity (Wildman–Crippen MR) is 76.1 cm³/mol. The van der Waals surface area contributed by atoms with E-state index in [0.717, 1.165) is 37.8 Å². The van der Waals surface area contributed by atoms with E-state index in [9.17, 15) is 0 Å². The molecule has 2 rings (SSSR count). The molecule has 1 aliphatic rings. The summed E-state index contributed by atoms with van der Waals surface area (Å²) in [6, 6.07) is 0. The van der Waals surface area contributed by atoms with Crippen LogP contribution in [0.5, 0.6) is 0 Å². The minimum atomic E-state index is 0.835. The number of aromatic nitrogens is 2. The molecule has 4 nitrogen and oxygen atoms in total. The Morgan fingerprint density at radius 3 is 2.72 bits per heavy atom. The molecule has 1 aliphatic heterocycles. The fourth-order valence-electron chi connectivity index (χ4n) is 2.82. The molecule has 1 aromatic heterocycles. The Bertz CT molecular complexity index is 364. The van der Waals surface area contributed by atoms with Gasteiger partial charge in [-0.25, -0.2) is 4.98 Å². The van der Waals surface area contributed by atoms with E-state index in [1.807, 2.05) is 7.05 Å². The fraction of sp³-hybridized carbons (Fsp3) is 0.786. The summed E-state index contributed by atoms with van der Waals surface area (Å²) in [5.41, 5.74) is 1.13. The van der Waals surface area contributed by atoms with Crippen LogP contribution in [0, 0.1) is 12.8 Å². The van der Waals surface area contributed by atoms with Crippen molar-refractivity contribution in [3.05, 3.63) is 11.9 Å². The lowest BCUT2D eigenvalue weighted by Crippen LogP contribution is -2.38. The highest BCUT2D eigenvalue weighted by Gasteiger charge is 2.21. The van der Waals surface area contributed by atoms with E-state index in [1.54, 1.807) is 0 Å². The topological polar surface area (TPSA) is 33.1 Å². The highest BCUT2D eigenvalue weighted by Crippen LogP contribution is 2.22. The van der Waals surface area contributed by atoms with Crippen molar-refractivity contribution in [3.8, 4) is 0 Å². The lowest BCUT2D eigenvalue weighted by atomic mass is 9.97. The summed E-state index contributed by atoms with van der Waals surface area (Å²) in [4.78, 5) is 7.15. The standard InChI is InChI=1S/C14H26N4/c1-4-7-18-11-12(2)16-14(18)17-8-5-13(6-9-17)10-15-3/h11,13,15H,4-10H2,1-3H3. The van der Waals surface area contributed by atoms with Crippen molar-refractivity contribution >= 4 is 5.95 Å². The zero-order chi connectivity index (χ0) is 13.0. The summed E-state index contributed by atoms with van der Waals surface area (Å²) in [5.74, 6) is 2.01. The van der Waals surface area contributed by atoms with Gasteiger partial charge in [0.1, 0.15) is 0 Å². The summed E-state index contributed by atoms with van der Waals surface area (Å²) >= 11 is 0. The molecule has 4 heteroatoms. The van der Waals surface area contributed by atoms with Gasteiger partial charge >= 0.3 is 0 Å². The number of nitrogens with one attached hydrogen (secondary N) is 1. The maximum atomic E-state index is 4.70. The van der Waals surface area contributed by atoms with Crippen LogP contribution >= 0.6 is 0 Å². The highest BCUT2D eigenvalue weighted by molar-refractivity contribution is 5.34. The third-order valence-electron chi connectivity index (χ3n) is 3.73. The van der Waals surface area contributed by atoms with E-state index in [0.29, 0.717) is 0 Å². The Hall–Kier alpha value is -1.03. The minimum Gasteiger partial charge on any atom is -0.342 e. The summed E-state index contributed by atoms with van der Waals surface area (Å²) in [6.07, 6.45) is 5.90. The second kappa shape index (κ2) is 6.23. The van der Waals surface area contributed by atoms with Crippen molar-refractivity contribution in [2.45, 2.75) is 39.7 Å². The van der Waals surface area contributed by atoms with Crippen LogP contribution < -0.4 is 10.2 Å². The van der Waals surface area contributed by atoms with Crippen molar-refractivity contribution < 1.29 is 0 Å². The van der Waals surface area contributed by atoms with E-state index >= 15 is 0 Å². The van der Waals surface area contributed by atoms with Crippen molar-refractivity contribution in [1.82, 2.24) is 14.9 Å². The third kappa shape index (κ3) is 3.05. The second-order valence-corrected chi connectivity index (χ2v) is 5.36. The van der Waals surface area contributed by atoms with E-state index in [2.05, 4.69) is 34.8 Å². The summed E-state index contributed by atoms with van der Waals surface area (Å²) in [7, 11) is 2.05. The second-order valence-electron chi connectivity index (χ2n) is 5.36. The number of hydrogen-bond donors (Lipinski definition) is 1. The molecule has 2 heterocycles. The maximum absolute atomic E-state index is 4.70. The van der Waals surface area contributed by atoms with Gasteiger partial charge in [0.25, 0.3) is 0 Å². The van der Waals surface area contributed by atoms with Crippen LogP contribution in [0.1, 0.15) is 31.9 Å². The average Bonchev–Trinajstić information content (AvgIpc) is 2.72. The first-order valence-corrected chi connectivity index (χ1v) is 7.18. The first-order chi connectivity index (χ1) is 8.74. The van der Waals surface area contributed by atoms with Gasteiger partial charge in [-0.2, -0.15) is 0 Å². The molecule has 0 aromatic carbocycles. The van der Waals surface area contributed by atoms with Crippen LogP contribution in [-0.4, -0.2) is 36.2 Å². The lowest BCUT2D eigenvalue weighted by molar-refractivity contribution is 0.388. The minimum absolute atomic E-state index is 0.835. The normalized spacial score (nSPS) is 17.4. The van der Waals surface area contributed by atoms with Gasteiger partial charge < -0.3 is 14.8 Å². The summed E-state index contributed by atoms with van der Waals surface area (Å²) in [5, 5.41) is 3.29. The third-order valence-corrected chi connectivity index (χ3v) is 3.73. The highest BCUT2D eigenvalue weighted by atomic mass is 15.3. The SMILES string of the molecule is CCCn1cc(C)nc1N1CCC(CNC)CC1. The van der Waals surface area contributed by atoms with Crippen LogP contribution in [0.3, 0.4) is 0 Å². The van der Waals surface area contributed by atoms with Gasteiger partial charge in [-0.1, -0.05) is 6.92 Å². The van der Waals surface area contributed by atoms with Crippen molar-refractivity contribution in [1.29, 1.82) is 0 Å². The van der Waals surface area contributed by atoms with Crippen LogP contribution in [0.2, 0.25) is 0 Å². The quantitative estimate of drug-likeness (QED) is 0.868. The molecular weight excluding hydrogens is 224 g/mol. The van der Waals surface area contributed by atoms with Crippen molar-refractivity contribution in [3.63, 3.8) is 0 Å². The molecule has 1 fully saturated rings. The monoisotopic (exact) mass is 250 g/mol. The van der Waals surface area contributed by atoms with E-state index < -0.39 is 0 Å². The first kappa shape index (κ1) is 13.4. The van der Waals surface area contributed by atoms with Crippen molar-refractivity contribution in [2.75, 3.05) is 31.6 Å². The number of rotatable bonds is 5. The maximum Gasteiger partial charge on any atom is 0.205 e. The summed E-state index contributed by atoms with van der Waals surface area (Å²) in [6.45, 7) is 8.82. The molecule has 18 heavy (non-hydrogen) atoms. The molecule has 1 aromatic rings. The van der Waals surface area contributed by atoms with Crippen LogP contribution in [0.15, 0.2) is 6.20 Å². The molecule has 1 saturated heterocycles. The molecule has 0 radical (unpaired) electrons. The van der Waals surface area contributed by atoms with E-state index in [4.69, 9.17) is 4.98 Å². The number of hydrogen-bond acceptors (Lipinski definition) is 3. The van der Waals surface area contributed by atoms with Gasteiger partial charge in [0, 0.05) is 25.8 Å². The Balaban J connectivity index is 2.00. The first-order valence-electron chi connectivity index (χ1n) is 7.18. The molecule has 0 spiro atoms. The Labute approximate surface area is 110 Å². The zero-order valence-electron chi connectivity index (χ0n) is 11.9. The molecular formula is C14H26N4. The molecule has 0 unspecified atom stereocenters. The van der Waals surface area contributed by atoms with Crippen molar-refractivity contribution in [2.24, 2.45) is 5.92 Å². The number of nitrogens with zero attached hydrogens (tertiary/aromatic N) is 3. The Kier molecular flexibility index (Phi) is 4.64. The number of imidazole rings is 1. The molecule has 102 valence electrons. The summed E-state index contributed by atoms with van der Waals surface area (Å²) < 4.78 is 2.31. The fourth-order valence-corrected chi connectivity index (χ4v) is 2.82. The zero-order valence-corrected chi connectivity index (χ0v) is 11.9. The molecule has 0 saturated carbocycles. The van der Waals surface area contributed by atoms with Crippen LogP contribution in [0.25, 0.3) is 0 Å². The van der Waals surface area contributed by atoms with Gasteiger partial charge in [-0.3, -0.25) is 0 Å². The number of piperidine rings is 1. The molecule has 1 N–H and O–H groups in total. The molecule has 0 amide bonds. The smallest absolute Gasteiger partial charge is 0.205 e. The molecule has 0 aliphatic carbocycles. The lowest BCUT2D eigenvalue weighted by Gasteiger charge is -2.32. The van der Waals surface area contributed by atoms with Gasteiger partial charge in [-0.05, 0) is 45.7 Å². The Morgan fingerprint density at radius 2 is 2.11 bits per heavy atom. The number of anilines is 1. The van der Waals surface area contributed by atoms with Gasteiger partial charge in [-0.15, -0.1) is 0 Å². The molecule has 0 atom stereocenters. The van der Waals surface area contributed by atoms with Crippen LogP contribution in [0.4, 0.5) is 5.95 Å². The van der Waals surface area contributed by atoms with E-state index in [-0.39, 0.29) is 0 Å².